The van der Waals surface area contributed by atoms with Crippen LogP contribution in [0.25, 0.3) is 0 Å². The molecule has 0 aliphatic rings. The Hall–Kier alpha value is -2.41. The van der Waals surface area contributed by atoms with Crippen molar-refractivity contribution in [1.82, 2.24) is 0 Å². The van der Waals surface area contributed by atoms with Crippen molar-refractivity contribution in [3.8, 4) is 0 Å². The van der Waals surface area contributed by atoms with E-state index < -0.39 is 26.8 Å². The molecule has 3 rings (SSSR count). The summed E-state index contributed by atoms with van der Waals surface area (Å²) in [4.78, 5) is 25.0. The molecule has 2 aromatic carbocycles. The first kappa shape index (κ1) is 20.3. The Balaban J connectivity index is 2.13. The highest BCUT2D eigenvalue weighted by Crippen LogP contribution is 2.62. The normalized spacial score (nSPS) is 10.7. The summed E-state index contributed by atoms with van der Waals surface area (Å²) in [5.74, 6) is 2.90. The number of carbonyl (C=O) groups excluding carboxylic acids is 2. The quantitative estimate of drug-likeness (QED) is 0.408. The number of carbonyl (C=O) groups is 2. The fourth-order valence-electron chi connectivity index (χ4n) is 2.85. The maximum Gasteiger partial charge on any atom is 0.339 e. The molecule has 4 nitrogen and oxygen atoms in total. The van der Waals surface area contributed by atoms with Gasteiger partial charge in [-0.1, -0.05) is 67.9 Å². The molecular formula is C22H22O4P2. The minimum atomic E-state index is -0.887. The fourth-order valence-corrected chi connectivity index (χ4v) is 9.70. The van der Waals surface area contributed by atoms with Crippen LogP contribution in [-0.2, 0) is 9.47 Å². The lowest BCUT2D eigenvalue weighted by Gasteiger charge is -2.18. The maximum atomic E-state index is 12.5. The van der Waals surface area contributed by atoms with Crippen LogP contribution < -0.4 is 10.6 Å². The van der Waals surface area contributed by atoms with Gasteiger partial charge in [-0.3, -0.25) is 0 Å². The van der Waals surface area contributed by atoms with Gasteiger partial charge >= 0.3 is 11.9 Å². The average Bonchev–Trinajstić information content (AvgIpc) is 3.15. The summed E-state index contributed by atoms with van der Waals surface area (Å²) in [6.07, 6.45) is 0. The largest absolute Gasteiger partial charge is 0.462 e. The van der Waals surface area contributed by atoms with Crippen molar-refractivity contribution in [2.45, 2.75) is 13.8 Å². The lowest BCUT2D eigenvalue weighted by molar-refractivity contribution is 0.0480. The maximum absolute atomic E-state index is 12.5. The van der Waals surface area contributed by atoms with Crippen molar-refractivity contribution in [2.75, 3.05) is 13.2 Å². The summed E-state index contributed by atoms with van der Waals surface area (Å²) in [5.41, 5.74) is 0.650. The predicted octanol–water partition coefficient (Wildman–Crippen LogP) is 4.92. The summed E-state index contributed by atoms with van der Waals surface area (Å²) < 4.78 is 10.4. The van der Waals surface area contributed by atoms with E-state index in [1.54, 1.807) is 13.8 Å². The molecule has 0 atom stereocenters. The molecule has 0 bridgehead atoms. The van der Waals surface area contributed by atoms with Gasteiger partial charge in [-0.15, -0.1) is 0 Å². The van der Waals surface area contributed by atoms with E-state index in [9.17, 15) is 9.59 Å². The molecule has 1 heterocycles. The van der Waals surface area contributed by atoms with Crippen LogP contribution in [0.3, 0.4) is 0 Å². The molecule has 0 radical (unpaired) electrons. The molecule has 0 unspecified atom stereocenters. The lowest BCUT2D eigenvalue weighted by atomic mass is 10.2. The Kier molecular flexibility index (Phi) is 7.03. The highest BCUT2D eigenvalue weighted by Gasteiger charge is 2.26. The van der Waals surface area contributed by atoms with E-state index in [0.29, 0.717) is 11.1 Å². The van der Waals surface area contributed by atoms with Crippen molar-refractivity contribution >= 4 is 37.4 Å². The zero-order chi connectivity index (χ0) is 19.9. The van der Waals surface area contributed by atoms with Gasteiger partial charge in [0.15, 0.2) is 0 Å². The number of hydrogen-bond acceptors (Lipinski definition) is 4. The van der Waals surface area contributed by atoms with Crippen LogP contribution in [0.1, 0.15) is 34.6 Å². The zero-order valence-electron chi connectivity index (χ0n) is 15.9. The molecule has 28 heavy (non-hydrogen) atoms. The number of ether oxygens (including phenoxy) is 2. The molecule has 0 spiro atoms. The number of benzene rings is 2. The van der Waals surface area contributed by atoms with E-state index in [4.69, 9.17) is 9.47 Å². The van der Waals surface area contributed by atoms with E-state index in [1.165, 1.54) is 10.6 Å². The SMILES string of the molecule is CCOC(=O)c1cp(P(c2ccccc2)c2ccccc2)cc1C(=O)OCC. The van der Waals surface area contributed by atoms with Gasteiger partial charge in [0.05, 0.1) is 24.3 Å². The number of rotatable bonds is 7. The van der Waals surface area contributed by atoms with Gasteiger partial charge < -0.3 is 9.47 Å². The molecule has 0 aliphatic carbocycles. The second kappa shape index (κ2) is 9.68. The van der Waals surface area contributed by atoms with E-state index >= 15 is 0 Å². The van der Waals surface area contributed by atoms with Gasteiger partial charge in [0.2, 0.25) is 0 Å². The smallest absolute Gasteiger partial charge is 0.339 e. The molecule has 1 aromatic heterocycles. The van der Waals surface area contributed by atoms with Crippen LogP contribution in [0.2, 0.25) is 0 Å². The Bertz CT molecular complexity index is 861. The molecule has 0 saturated heterocycles. The number of esters is 2. The van der Waals surface area contributed by atoms with Crippen LogP contribution in [0, 0.1) is 0 Å². The Morgan fingerprint density at radius 2 is 1.14 bits per heavy atom. The first-order valence-electron chi connectivity index (χ1n) is 9.12. The van der Waals surface area contributed by atoms with Gasteiger partial charge in [-0.2, -0.15) is 0 Å². The third-order valence-corrected chi connectivity index (χ3v) is 10.6. The first-order chi connectivity index (χ1) is 13.7. The molecule has 3 aromatic rings. The zero-order valence-corrected chi connectivity index (χ0v) is 17.7. The van der Waals surface area contributed by atoms with E-state index in [0.717, 1.165) is 0 Å². The minimum Gasteiger partial charge on any atom is -0.462 e. The summed E-state index contributed by atoms with van der Waals surface area (Å²) in [5, 5.41) is 2.41. The van der Waals surface area contributed by atoms with Gasteiger partial charge in [-0.05, 0) is 36.1 Å². The molecule has 6 heteroatoms. The fraction of sp³-hybridized carbons (Fsp3) is 0.182. The molecular weight excluding hydrogens is 390 g/mol. The molecule has 0 N–H and O–H groups in total. The standard InChI is InChI=1S/C22H22O4P2/c1-3-25-21(23)19-15-27(16-20(19)22(24)26-4-2)28(17-11-7-5-8-12-17)18-13-9-6-10-14-18/h5-16H,3-4H2,1-2H3. The highest BCUT2D eigenvalue weighted by atomic mass is 32.1. The first-order valence-corrected chi connectivity index (χ1v) is 12.6. The molecule has 0 aliphatic heterocycles. The van der Waals surface area contributed by atoms with Crippen LogP contribution in [0.15, 0.2) is 72.3 Å². The van der Waals surface area contributed by atoms with Crippen LogP contribution in [0.5, 0.6) is 0 Å². The van der Waals surface area contributed by atoms with Crippen LogP contribution in [-0.4, -0.2) is 25.2 Å². The second-order valence-corrected chi connectivity index (χ2v) is 11.4. The monoisotopic (exact) mass is 412 g/mol. The Morgan fingerprint density at radius 3 is 1.50 bits per heavy atom. The van der Waals surface area contributed by atoms with Crippen LogP contribution >= 0.6 is 14.8 Å². The van der Waals surface area contributed by atoms with Gasteiger partial charge in [0.1, 0.15) is 0 Å². The minimum absolute atomic E-state index is 0.260. The molecule has 144 valence electrons. The Morgan fingerprint density at radius 1 is 0.750 bits per heavy atom. The van der Waals surface area contributed by atoms with Gasteiger partial charge in [0.25, 0.3) is 0 Å². The van der Waals surface area contributed by atoms with Crippen molar-refractivity contribution in [2.24, 2.45) is 0 Å². The van der Waals surface area contributed by atoms with Crippen molar-refractivity contribution in [3.05, 3.63) is 83.4 Å². The van der Waals surface area contributed by atoms with Gasteiger partial charge in [0, 0.05) is 7.61 Å². The molecule has 0 saturated carbocycles. The van der Waals surface area contributed by atoms with Gasteiger partial charge in [-0.25, -0.2) is 9.59 Å². The average molecular weight is 412 g/mol. The van der Waals surface area contributed by atoms with Crippen molar-refractivity contribution in [1.29, 1.82) is 0 Å². The lowest BCUT2D eigenvalue weighted by Crippen LogP contribution is -2.11. The Labute approximate surface area is 167 Å². The number of hydrogen-bond donors (Lipinski definition) is 0. The summed E-state index contributed by atoms with van der Waals surface area (Å²) in [6.45, 7) is 4.03. The third kappa shape index (κ3) is 4.52. The van der Waals surface area contributed by atoms with Crippen molar-refractivity contribution in [3.63, 3.8) is 0 Å². The van der Waals surface area contributed by atoms with Crippen LogP contribution in [0.4, 0.5) is 0 Å². The van der Waals surface area contributed by atoms with Crippen molar-refractivity contribution < 1.29 is 19.1 Å². The molecule has 0 fully saturated rings. The predicted molar refractivity (Wildman–Crippen MR) is 116 cm³/mol. The summed E-state index contributed by atoms with van der Waals surface area (Å²) in [6, 6.07) is 20.5. The topological polar surface area (TPSA) is 52.6 Å². The van der Waals surface area contributed by atoms with E-state index in [1.807, 2.05) is 48.0 Å². The summed E-state index contributed by atoms with van der Waals surface area (Å²) >= 11 is 0. The summed E-state index contributed by atoms with van der Waals surface area (Å²) in [7, 11) is -1.66. The third-order valence-electron chi connectivity index (χ3n) is 4.04. The highest BCUT2D eigenvalue weighted by molar-refractivity contribution is 8.32. The second-order valence-electron chi connectivity index (χ2n) is 5.89. The van der Waals surface area contributed by atoms with E-state index in [2.05, 4.69) is 24.3 Å². The molecule has 0 amide bonds. The van der Waals surface area contributed by atoms with E-state index in [-0.39, 0.29) is 13.2 Å².